The van der Waals surface area contributed by atoms with Crippen molar-refractivity contribution in [3.8, 4) is 5.69 Å². The minimum Gasteiger partial charge on any atom is -0.350 e. The number of halogens is 1. The molecule has 25 heavy (non-hydrogen) atoms. The lowest BCUT2D eigenvalue weighted by atomic mass is 10.2. The van der Waals surface area contributed by atoms with Crippen molar-refractivity contribution in [2.75, 3.05) is 13.1 Å². The summed E-state index contributed by atoms with van der Waals surface area (Å²) >= 11 is 0. The Labute approximate surface area is 145 Å². The topological polar surface area (TPSA) is 67.2 Å². The van der Waals surface area contributed by atoms with Crippen molar-refractivity contribution in [1.29, 1.82) is 0 Å². The summed E-state index contributed by atoms with van der Waals surface area (Å²) in [6.07, 6.45) is 6.76. The minimum absolute atomic E-state index is 0.0478. The molecule has 1 aliphatic heterocycles. The van der Waals surface area contributed by atoms with Gasteiger partial charge in [-0.1, -0.05) is 12.5 Å². The van der Waals surface area contributed by atoms with Crippen LogP contribution in [0.2, 0.25) is 0 Å². The Kier molecular flexibility index (Phi) is 5.42. The van der Waals surface area contributed by atoms with Gasteiger partial charge >= 0.3 is 0 Å². The van der Waals surface area contributed by atoms with Crippen molar-refractivity contribution in [2.24, 2.45) is 0 Å². The molecule has 2 aromatic rings. The van der Waals surface area contributed by atoms with Gasteiger partial charge in [-0.25, -0.2) is 9.07 Å². The first-order valence-corrected chi connectivity index (χ1v) is 8.46. The fraction of sp³-hybridized carbons (Fsp3) is 0.389. The molecule has 1 aromatic heterocycles. The number of rotatable bonds is 5. The molecule has 0 radical (unpaired) electrons. The van der Waals surface area contributed by atoms with Gasteiger partial charge in [-0.2, -0.15) is 5.10 Å². The highest BCUT2D eigenvalue weighted by Crippen LogP contribution is 2.11. The van der Waals surface area contributed by atoms with E-state index in [0.29, 0.717) is 25.2 Å². The van der Waals surface area contributed by atoms with Gasteiger partial charge < -0.3 is 10.2 Å². The van der Waals surface area contributed by atoms with Gasteiger partial charge in [0.1, 0.15) is 5.82 Å². The molecule has 0 spiro atoms. The number of likely N-dealkylation sites (tertiary alicyclic amines) is 1. The Balaban J connectivity index is 1.53. The van der Waals surface area contributed by atoms with E-state index >= 15 is 0 Å². The van der Waals surface area contributed by atoms with Gasteiger partial charge in [0.25, 0.3) is 0 Å². The second-order valence-corrected chi connectivity index (χ2v) is 6.18. The lowest BCUT2D eigenvalue weighted by Gasteiger charge is -2.19. The maximum atomic E-state index is 13.3. The summed E-state index contributed by atoms with van der Waals surface area (Å²) in [5, 5.41) is 6.98. The van der Waals surface area contributed by atoms with Crippen LogP contribution in [0.15, 0.2) is 36.7 Å². The Morgan fingerprint density at radius 1 is 1.28 bits per heavy atom. The first-order chi connectivity index (χ1) is 12.1. The molecule has 0 aliphatic carbocycles. The molecule has 1 N–H and O–H groups in total. The molecule has 1 fully saturated rings. The van der Waals surface area contributed by atoms with Gasteiger partial charge in [-0.05, 0) is 31.0 Å². The molecule has 1 aliphatic rings. The SMILES string of the molecule is O=C(CN1CCCCCC1=O)NCc1cnn(-c2cccc(F)c2)c1. The largest absolute Gasteiger partial charge is 0.350 e. The van der Waals surface area contributed by atoms with Gasteiger partial charge in [0, 0.05) is 31.3 Å². The predicted molar refractivity (Wildman–Crippen MR) is 90.4 cm³/mol. The van der Waals surface area contributed by atoms with Crippen molar-refractivity contribution in [2.45, 2.75) is 32.2 Å². The molecule has 0 atom stereocenters. The normalized spacial score (nSPS) is 15.1. The fourth-order valence-electron chi connectivity index (χ4n) is 2.85. The second kappa shape index (κ2) is 7.92. The molecule has 2 amide bonds. The third-order valence-electron chi connectivity index (χ3n) is 4.20. The first-order valence-electron chi connectivity index (χ1n) is 8.46. The number of nitrogens with one attached hydrogen (secondary N) is 1. The van der Waals surface area contributed by atoms with Crippen LogP contribution in [0.5, 0.6) is 0 Å². The maximum Gasteiger partial charge on any atom is 0.239 e. The Morgan fingerprint density at radius 2 is 2.16 bits per heavy atom. The number of benzene rings is 1. The number of amides is 2. The highest BCUT2D eigenvalue weighted by Gasteiger charge is 2.19. The van der Waals surface area contributed by atoms with Crippen LogP contribution in [0.1, 0.15) is 31.2 Å². The molecule has 1 aromatic carbocycles. The van der Waals surface area contributed by atoms with Gasteiger partial charge in [-0.3, -0.25) is 9.59 Å². The van der Waals surface area contributed by atoms with Crippen molar-refractivity contribution in [3.63, 3.8) is 0 Å². The third kappa shape index (κ3) is 4.65. The van der Waals surface area contributed by atoms with E-state index in [1.54, 1.807) is 34.1 Å². The van der Waals surface area contributed by atoms with Gasteiger partial charge in [0.15, 0.2) is 0 Å². The van der Waals surface area contributed by atoms with Crippen LogP contribution in [0.25, 0.3) is 5.69 Å². The Morgan fingerprint density at radius 3 is 3.00 bits per heavy atom. The number of carbonyl (C=O) groups excluding carboxylic acids is 2. The van der Waals surface area contributed by atoms with E-state index in [4.69, 9.17) is 0 Å². The monoisotopic (exact) mass is 344 g/mol. The van der Waals surface area contributed by atoms with Gasteiger partial charge in [0.05, 0.1) is 18.4 Å². The summed E-state index contributed by atoms with van der Waals surface area (Å²) in [4.78, 5) is 25.6. The lowest BCUT2D eigenvalue weighted by molar-refractivity contribution is -0.135. The van der Waals surface area contributed by atoms with Crippen molar-refractivity contribution >= 4 is 11.8 Å². The van der Waals surface area contributed by atoms with Gasteiger partial charge in [0.2, 0.25) is 11.8 Å². The molecule has 0 unspecified atom stereocenters. The highest BCUT2D eigenvalue weighted by molar-refractivity contribution is 5.84. The Bertz CT molecular complexity index is 759. The summed E-state index contributed by atoms with van der Waals surface area (Å²) < 4.78 is 14.8. The zero-order valence-corrected chi connectivity index (χ0v) is 13.9. The lowest BCUT2D eigenvalue weighted by Crippen LogP contribution is -2.40. The zero-order valence-electron chi connectivity index (χ0n) is 13.9. The van der Waals surface area contributed by atoms with Gasteiger partial charge in [-0.15, -0.1) is 0 Å². The van der Waals surface area contributed by atoms with E-state index in [-0.39, 0.29) is 24.2 Å². The summed E-state index contributed by atoms with van der Waals surface area (Å²) in [5.41, 5.74) is 1.42. The van der Waals surface area contributed by atoms with Crippen LogP contribution in [-0.4, -0.2) is 39.6 Å². The molecule has 2 heterocycles. The van der Waals surface area contributed by atoms with Crippen LogP contribution in [0, 0.1) is 5.82 Å². The average molecular weight is 344 g/mol. The quantitative estimate of drug-likeness (QED) is 0.902. The number of hydrogen-bond donors (Lipinski definition) is 1. The molecule has 7 heteroatoms. The molecule has 132 valence electrons. The number of aromatic nitrogens is 2. The summed E-state index contributed by atoms with van der Waals surface area (Å²) in [5.74, 6) is -0.467. The van der Waals surface area contributed by atoms with Crippen LogP contribution >= 0.6 is 0 Å². The van der Waals surface area contributed by atoms with Crippen molar-refractivity contribution < 1.29 is 14.0 Å². The van der Waals surface area contributed by atoms with E-state index in [1.165, 1.54) is 12.1 Å². The first kappa shape index (κ1) is 17.1. The third-order valence-corrected chi connectivity index (χ3v) is 4.20. The van der Waals surface area contributed by atoms with Crippen molar-refractivity contribution in [3.05, 3.63) is 48.0 Å². The predicted octanol–water partition coefficient (Wildman–Crippen LogP) is 2.03. The van der Waals surface area contributed by atoms with E-state index in [2.05, 4.69) is 10.4 Å². The molecule has 3 rings (SSSR count). The van der Waals surface area contributed by atoms with E-state index in [9.17, 15) is 14.0 Å². The van der Waals surface area contributed by atoms with E-state index in [0.717, 1.165) is 24.8 Å². The van der Waals surface area contributed by atoms with Crippen LogP contribution in [0.4, 0.5) is 4.39 Å². The molecule has 6 nitrogen and oxygen atoms in total. The van der Waals surface area contributed by atoms with Crippen LogP contribution < -0.4 is 5.32 Å². The second-order valence-electron chi connectivity index (χ2n) is 6.18. The smallest absolute Gasteiger partial charge is 0.239 e. The zero-order chi connectivity index (χ0) is 17.6. The fourth-order valence-corrected chi connectivity index (χ4v) is 2.85. The minimum atomic E-state index is -0.329. The highest BCUT2D eigenvalue weighted by atomic mass is 19.1. The molecular weight excluding hydrogens is 323 g/mol. The van der Waals surface area contributed by atoms with Crippen LogP contribution in [-0.2, 0) is 16.1 Å². The average Bonchev–Trinajstić information content (AvgIpc) is 2.99. The number of hydrogen-bond acceptors (Lipinski definition) is 3. The summed E-state index contributed by atoms with van der Waals surface area (Å²) in [7, 11) is 0. The Hall–Kier alpha value is -2.70. The maximum absolute atomic E-state index is 13.3. The van der Waals surface area contributed by atoms with E-state index in [1.807, 2.05) is 0 Å². The van der Waals surface area contributed by atoms with Crippen LogP contribution in [0.3, 0.4) is 0 Å². The van der Waals surface area contributed by atoms with E-state index < -0.39 is 0 Å². The molecule has 0 bridgehead atoms. The number of carbonyl (C=O) groups is 2. The number of nitrogens with zero attached hydrogens (tertiary/aromatic N) is 3. The summed E-state index contributed by atoms with van der Waals surface area (Å²) in [6, 6.07) is 6.13. The molecular formula is C18H21FN4O2. The standard InChI is InChI=1S/C18H21FN4O2/c19-15-5-4-6-16(9-15)23-12-14(11-21-23)10-20-17(24)13-22-8-3-1-2-7-18(22)25/h4-6,9,11-12H,1-3,7-8,10,13H2,(H,20,24). The summed E-state index contributed by atoms with van der Waals surface area (Å²) in [6.45, 7) is 1.05. The van der Waals surface area contributed by atoms with Crippen molar-refractivity contribution in [1.82, 2.24) is 20.0 Å². The molecule has 0 saturated carbocycles. The molecule has 1 saturated heterocycles.